The zero-order valence-corrected chi connectivity index (χ0v) is 17.9. The van der Waals surface area contributed by atoms with E-state index in [4.69, 9.17) is 0 Å². The van der Waals surface area contributed by atoms with E-state index in [9.17, 15) is 17.6 Å². The fourth-order valence-corrected chi connectivity index (χ4v) is 4.45. The number of hydrogen-bond donors (Lipinski definition) is 2. The molecule has 1 heterocycles. The molecule has 0 aliphatic rings. The summed E-state index contributed by atoms with van der Waals surface area (Å²) in [5, 5.41) is 12.0. The second kappa shape index (κ2) is 9.77. The third kappa shape index (κ3) is 5.83. The van der Waals surface area contributed by atoms with Crippen LogP contribution in [0.2, 0.25) is 0 Å². The number of unbranched alkanes of at least 4 members (excludes halogenated alkanes) is 2. The minimum Gasteiger partial charge on any atom is -0.296 e. The highest BCUT2D eigenvalue weighted by Gasteiger charge is 2.16. The number of amides is 1. The SMILES string of the molecule is CCCCCc1nnc(NC(=O)c2ccc(S(=O)(=O)Nc3ccc(F)cc3)cc2)s1. The molecule has 158 valence electrons. The van der Waals surface area contributed by atoms with Gasteiger partial charge in [-0.25, -0.2) is 12.8 Å². The summed E-state index contributed by atoms with van der Waals surface area (Å²) >= 11 is 1.33. The molecule has 0 aliphatic carbocycles. The number of aromatic nitrogens is 2. The molecule has 0 bridgehead atoms. The average Bonchev–Trinajstić information content (AvgIpc) is 3.17. The lowest BCUT2D eigenvalue weighted by atomic mass is 10.2. The van der Waals surface area contributed by atoms with Crippen LogP contribution in [0.5, 0.6) is 0 Å². The van der Waals surface area contributed by atoms with Crippen LogP contribution in [0, 0.1) is 5.82 Å². The summed E-state index contributed by atoms with van der Waals surface area (Å²) in [7, 11) is -3.86. The van der Waals surface area contributed by atoms with E-state index in [-0.39, 0.29) is 10.6 Å². The van der Waals surface area contributed by atoms with Gasteiger partial charge >= 0.3 is 0 Å². The molecule has 1 aromatic heterocycles. The maximum absolute atomic E-state index is 13.0. The van der Waals surface area contributed by atoms with Gasteiger partial charge < -0.3 is 0 Å². The van der Waals surface area contributed by atoms with E-state index < -0.39 is 21.7 Å². The van der Waals surface area contributed by atoms with Crippen LogP contribution in [0.15, 0.2) is 53.4 Å². The first-order chi connectivity index (χ1) is 14.4. The van der Waals surface area contributed by atoms with Crippen LogP contribution in [-0.4, -0.2) is 24.5 Å². The molecule has 7 nitrogen and oxygen atoms in total. The summed E-state index contributed by atoms with van der Waals surface area (Å²) in [4.78, 5) is 12.4. The second-order valence-corrected chi connectivity index (χ2v) is 9.29. The molecular weight excluding hydrogens is 427 g/mol. The predicted octanol–water partition coefficient (Wildman–Crippen LogP) is 4.46. The number of nitrogens with zero attached hydrogens (tertiary/aromatic N) is 2. The van der Waals surface area contributed by atoms with Gasteiger partial charge in [0.05, 0.1) is 4.90 Å². The van der Waals surface area contributed by atoms with Gasteiger partial charge in [-0.2, -0.15) is 0 Å². The van der Waals surface area contributed by atoms with Crippen molar-refractivity contribution in [3.8, 4) is 0 Å². The third-order valence-corrected chi connectivity index (χ3v) is 6.50. The van der Waals surface area contributed by atoms with Crippen molar-refractivity contribution in [2.24, 2.45) is 0 Å². The number of carbonyl (C=O) groups excluding carboxylic acids is 1. The molecule has 1 amide bonds. The van der Waals surface area contributed by atoms with E-state index in [1.54, 1.807) is 0 Å². The molecule has 0 atom stereocenters. The van der Waals surface area contributed by atoms with Crippen molar-refractivity contribution in [2.45, 2.75) is 37.5 Å². The number of aryl methyl sites for hydroxylation is 1. The Balaban J connectivity index is 1.63. The number of sulfonamides is 1. The van der Waals surface area contributed by atoms with E-state index in [0.717, 1.165) is 42.8 Å². The van der Waals surface area contributed by atoms with E-state index in [2.05, 4.69) is 27.2 Å². The van der Waals surface area contributed by atoms with Gasteiger partial charge in [-0.1, -0.05) is 31.1 Å². The Kier molecular flexibility index (Phi) is 7.11. The normalized spacial score (nSPS) is 11.3. The lowest BCUT2D eigenvalue weighted by Gasteiger charge is -2.08. The van der Waals surface area contributed by atoms with Crippen molar-refractivity contribution < 1.29 is 17.6 Å². The van der Waals surface area contributed by atoms with Crippen molar-refractivity contribution in [1.82, 2.24) is 10.2 Å². The van der Waals surface area contributed by atoms with E-state index in [0.29, 0.717) is 10.7 Å². The molecule has 0 aliphatic heterocycles. The van der Waals surface area contributed by atoms with Gasteiger partial charge in [0.1, 0.15) is 10.8 Å². The van der Waals surface area contributed by atoms with Crippen LogP contribution in [0.3, 0.4) is 0 Å². The smallest absolute Gasteiger partial charge is 0.261 e. The molecule has 0 radical (unpaired) electrons. The maximum Gasteiger partial charge on any atom is 0.261 e. The monoisotopic (exact) mass is 448 g/mol. The van der Waals surface area contributed by atoms with Crippen LogP contribution in [-0.2, 0) is 16.4 Å². The molecular formula is C20H21FN4O3S2. The van der Waals surface area contributed by atoms with Crippen LogP contribution in [0.4, 0.5) is 15.2 Å². The molecule has 0 spiro atoms. The van der Waals surface area contributed by atoms with Crippen LogP contribution in [0.25, 0.3) is 0 Å². The molecule has 2 N–H and O–H groups in total. The predicted molar refractivity (Wildman–Crippen MR) is 115 cm³/mol. The van der Waals surface area contributed by atoms with Crippen molar-refractivity contribution >= 4 is 38.1 Å². The Hall–Kier alpha value is -2.85. The highest BCUT2D eigenvalue weighted by atomic mass is 32.2. The van der Waals surface area contributed by atoms with Crippen molar-refractivity contribution in [3.05, 3.63) is 64.9 Å². The van der Waals surface area contributed by atoms with Crippen molar-refractivity contribution in [1.29, 1.82) is 0 Å². The number of anilines is 2. The molecule has 30 heavy (non-hydrogen) atoms. The third-order valence-electron chi connectivity index (χ3n) is 4.20. The molecule has 3 rings (SSSR count). The van der Waals surface area contributed by atoms with Crippen LogP contribution in [0.1, 0.15) is 41.6 Å². The highest BCUT2D eigenvalue weighted by molar-refractivity contribution is 7.92. The molecule has 0 unspecified atom stereocenters. The summed E-state index contributed by atoms with van der Waals surface area (Å²) in [5.74, 6) is -0.862. The largest absolute Gasteiger partial charge is 0.296 e. The Morgan fingerprint density at radius 3 is 2.40 bits per heavy atom. The minimum atomic E-state index is -3.86. The topological polar surface area (TPSA) is 101 Å². The van der Waals surface area contributed by atoms with Gasteiger partial charge in [-0.05, 0) is 55.0 Å². The molecule has 3 aromatic rings. The number of carbonyl (C=O) groups is 1. The van der Waals surface area contributed by atoms with Gasteiger partial charge in [0, 0.05) is 17.7 Å². The minimum absolute atomic E-state index is 0.0162. The molecule has 10 heteroatoms. The Morgan fingerprint density at radius 2 is 1.73 bits per heavy atom. The molecule has 0 saturated heterocycles. The Morgan fingerprint density at radius 1 is 1.03 bits per heavy atom. The zero-order valence-electron chi connectivity index (χ0n) is 16.3. The number of rotatable bonds is 9. The standard InChI is InChI=1S/C20H21FN4O3S2/c1-2-3-4-5-18-23-24-20(29-18)22-19(26)14-6-12-17(13-7-14)30(27,28)25-16-10-8-15(21)9-11-16/h6-13,25H,2-5H2,1H3,(H,22,24,26). The molecule has 2 aromatic carbocycles. The van der Waals surface area contributed by atoms with Gasteiger partial charge in [-0.3, -0.25) is 14.8 Å². The van der Waals surface area contributed by atoms with Gasteiger partial charge in [0.2, 0.25) is 5.13 Å². The fraction of sp³-hybridized carbons (Fsp3) is 0.250. The van der Waals surface area contributed by atoms with E-state index in [1.807, 2.05) is 0 Å². The fourth-order valence-electron chi connectivity index (χ4n) is 2.62. The van der Waals surface area contributed by atoms with Crippen LogP contribution >= 0.6 is 11.3 Å². The van der Waals surface area contributed by atoms with E-state index >= 15 is 0 Å². The van der Waals surface area contributed by atoms with Gasteiger partial charge in [0.25, 0.3) is 15.9 Å². The molecule has 0 saturated carbocycles. The first-order valence-corrected chi connectivity index (χ1v) is 11.7. The molecule has 0 fully saturated rings. The summed E-state index contributed by atoms with van der Waals surface area (Å²) in [5.41, 5.74) is 0.530. The van der Waals surface area contributed by atoms with Crippen molar-refractivity contribution in [2.75, 3.05) is 10.0 Å². The first-order valence-electron chi connectivity index (χ1n) is 9.39. The Labute approximate surface area is 178 Å². The van der Waals surface area contributed by atoms with Crippen LogP contribution < -0.4 is 10.0 Å². The zero-order chi connectivity index (χ0) is 21.6. The first kappa shape index (κ1) is 21.8. The average molecular weight is 449 g/mol. The summed E-state index contributed by atoms with van der Waals surface area (Å²) < 4.78 is 40.2. The quantitative estimate of drug-likeness (QED) is 0.471. The Bertz CT molecular complexity index is 1100. The number of halogens is 1. The second-order valence-electron chi connectivity index (χ2n) is 6.55. The lowest BCUT2D eigenvalue weighted by molar-refractivity contribution is 0.102. The number of hydrogen-bond acceptors (Lipinski definition) is 6. The van der Waals surface area contributed by atoms with Crippen molar-refractivity contribution in [3.63, 3.8) is 0 Å². The summed E-state index contributed by atoms with van der Waals surface area (Å²) in [6.07, 6.45) is 4.09. The lowest BCUT2D eigenvalue weighted by Crippen LogP contribution is -2.14. The van der Waals surface area contributed by atoms with E-state index in [1.165, 1.54) is 47.7 Å². The van der Waals surface area contributed by atoms with Gasteiger partial charge in [0.15, 0.2) is 0 Å². The summed E-state index contributed by atoms with van der Waals surface area (Å²) in [6.45, 7) is 2.13. The number of nitrogens with one attached hydrogen (secondary N) is 2. The van der Waals surface area contributed by atoms with Gasteiger partial charge in [-0.15, -0.1) is 10.2 Å². The summed E-state index contributed by atoms with van der Waals surface area (Å²) in [6, 6.07) is 10.5. The maximum atomic E-state index is 13.0. The highest BCUT2D eigenvalue weighted by Crippen LogP contribution is 2.20. The number of benzene rings is 2.